The Labute approximate surface area is 102 Å². The van der Waals surface area contributed by atoms with Crippen LogP contribution in [-0.2, 0) is 6.42 Å². The average Bonchev–Trinajstić information content (AvgIpc) is 2.98. The molecule has 3 heterocycles. The van der Waals surface area contributed by atoms with Crippen LogP contribution < -0.4 is 11.1 Å². The van der Waals surface area contributed by atoms with Crippen molar-refractivity contribution in [3.63, 3.8) is 0 Å². The van der Waals surface area contributed by atoms with Gasteiger partial charge in [0.1, 0.15) is 11.3 Å². The summed E-state index contributed by atoms with van der Waals surface area (Å²) in [7, 11) is 0. The molecule has 3 aromatic rings. The number of fused-ring (bicyclic) bond motifs is 1. The number of aromatic nitrogens is 4. The van der Waals surface area contributed by atoms with Gasteiger partial charge in [0.2, 0.25) is 5.95 Å². The first kappa shape index (κ1) is 10.6. The molecule has 0 radical (unpaired) electrons. The molecular weight excluding hydrogens is 232 g/mol. The van der Waals surface area contributed by atoms with E-state index in [1.54, 1.807) is 12.6 Å². The SMILES string of the molecule is Nc1nc(NCCc2ccco2)c2[nH]cnc2n1. The lowest BCUT2D eigenvalue weighted by Gasteiger charge is -2.05. The first-order chi connectivity index (χ1) is 8.83. The van der Waals surface area contributed by atoms with Crippen molar-refractivity contribution in [2.45, 2.75) is 6.42 Å². The zero-order valence-corrected chi connectivity index (χ0v) is 9.55. The van der Waals surface area contributed by atoms with Crippen LogP contribution in [-0.4, -0.2) is 26.5 Å². The summed E-state index contributed by atoms with van der Waals surface area (Å²) >= 11 is 0. The third-order valence-electron chi connectivity index (χ3n) is 2.55. The predicted molar refractivity (Wildman–Crippen MR) is 67.0 cm³/mol. The third-order valence-corrected chi connectivity index (χ3v) is 2.55. The van der Waals surface area contributed by atoms with E-state index < -0.39 is 0 Å². The van der Waals surface area contributed by atoms with Gasteiger partial charge in [-0.25, -0.2) is 4.98 Å². The van der Waals surface area contributed by atoms with Crippen molar-refractivity contribution in [3.8, 4) is 0 Å². The Morgan fingerprint density at radius 1 is 1.39 bits per heavy atom. The summed E-state index contributed by atoms with van der Waals surface area (Å²) in [4.78, 5) is 15.2. The summed E-state index contributed by atoms with van der Waals surface area (Å²) in [5, 5.41) is 3.19. The molecule has 7 heteroatoms. The second-order valence-electron chi connectivity index (χ2n) is 3.79. The summed E-state index contributed by atoms with van der Waals surface area (Å²) in [5.74, 6) is 1.78. The summed E-state index contributed by atoms with van der Waals surface area (Å²) in [6.45, 7) is 0.693. The van der Waals surface area contributed by atoms with Gasteiger partial charge < -0.3 is 20.5 Å². The van der Waals surface area contributed by atoms with E-state index in [2.05, 4.69) is 25.3 Å². The highest BCUT2D eigenvalue weighted by Gasteiger charge is 2.07. The van der Waals surface area contributed by atoms with Gasteiger partial charge >= 0.3 is 0 Å². The molecular formula is C11H12N6O. The van der Waals surface area contributed by atoms with Crippen LogP contribution in [0.2, 0.25) is 0 Å². The number of imidazole rings is 1. The van der Waals surface area contributed by atoms with Crippen LogP contribution in [0.15, 0.2) is 29.1 Å². The van der Waals surface area contributed by atoms with Crippen LogP contribution in [0, 0.1) is 0 Å². The van der Waals surface area contributed by atoms with Gasteiger partial charge in [-0.05, 0) is 12.1 Å². The molecule has 0 fully saturated rings. The molecule has 0 aliphatic heterocycles. The first-order valence-electron chi connectivity index (χ1n) is 5.56. The topological polar surface area (TPSA) is 106 Å². The van der Waals surface area contributed by atoms with E-state index in [9.17, 15) is 0 Å². The zero-order valence-electron chi connectivity index (χ0n) is 9.55. The molecule has 92 valence electrons. The Balaban J connectivity index is 1.75. The first-order valence-corrected chi connectivity index (χ1v) is 5.56. The van der Waals surface area contributed by atoms with Crippen LogP contribution >= 0.6 is 0 Å². The van der Waals surface area contributed by atoms with E-state index in [-0.39, 0.29) is 5.95 Å². The summed E-state index contributed by atoms with van der Waals surface area (Å²) in [6.07, 6.45) is 3.99. The molecule has 3 rings (SSSR count). The molecule has 0 amide bonds. The molecule has 0 saturated heterocycles. The molecule has 0 spiro atoms. The second kappa shape index (κ2) is 4.36. The molecule has 7 nitrogen and oxygen atoms in total. The van der Waals surface area contributed by atoms with E-state index in [1.165, 1.54) is 0 Å². The monoisotopic (exact) mass is 244 g/mol. The Hall–Kier alpha value is -2.57. The van der Waals surface area contributed by atoms with Gasteiger partial charge in [0, 0.05) is 13.0 Å². The van der Waals surface area contributed by atoms with Gasteiger partial charge in [-0.2, -0.15) is 9.97 Å². The van der Waals surface area contributed by atoms with E-state index >= 15 is 0 Å². The normalized spacial score (nSPS) is 10.9. The number of aromatic amines is 1. The van der Waals surface area contributed by atoms with Crippen LogP contribution in [0.4, 0.5) is 11.8 Å². The number of hydrogen-bond donors (Lipinski definition) is 3. The largest absolute Gasteiger partial charge is 0.469 e. The number of H-pyrrole nitrogens is 1. The number of hydrogen-bond acceptors (Lipinski definition) is 6. The van der Waals surface area contributed by atoms with E-state index in [0.29, 0.717) is 18.0 Å². The van der Waals surface area contributed by atoms with Crippen molar-refractivity contribution >= 4 is 22.9 Å². The molecule has 18 heavy (non-hydrogen) atoms. The van der Waals surface area contributed by atoms with Crippen molar-refractivity contribution < 1.29 is 4.42 Å². The average molecular weight is 244 g/mol. The maximum Gasteiger partial charge on any atom is 0.224 e. The van der Waals surface area contributed by atoms with Crippen molar-refractivity contribution in [2.24, 2.45) is 0 Å². The third kappa shape index (κ3) is 1.97. The highest BCUT2D eigenvalue weighted by molar-refractivity contribution is 5.83. The molecule has 0 saturated carbocycles. The Bertz CT molecular complexity index is 645. The quantitative estimate of drug-likeness (QED) is 0.636. The van der Waals surface area contributed by atoms with Gasteiger partial charge in [0.05, 0.1) is 12.6 Å². The number of anilines is 2. The molecule has 4 N–H and O–H groups in total. The molecule has 0 aromatic carbocycles. The standard InChI is InChI=1S/C11H12N6O/c12-11-16-9(8-10(17-11)15-6-14-8)13-4-3-7-2-1-5-18-7/h1-2,5-6H,3-4H2,(H4,12,13,14,15,16,17). The highest BCUT2D eigenvalue weighted by atomic mass is 16.3. The van der Waals surface area contributed by atoms with Gasteiger partial charge in [-0.1, -0.05) is 0 Å². The molecule has 0 aliphatic carbocycles. The lowest BCUT2D eigenvalue weighted by atomic mass is 10.3. The Kier molecular flexibility index (Phi) is 2.56. The summed E-state index contributed by atoms with van der Waals surface area (Å²) < 4.78 is 5.25. The Morgan fingerprint density at radius 2 is 2.33 bits per heavy atom. The fourth-order valence-electron chi connectivity index (χ4n) is 1.74. The van der Waals surface area contributed by atoms with Crippen LogP contribution in [0.1, 0.15) is 5.76 Å². The van der Waals surface area contributed by atoms with Crippen LogP contribution in [0.5, 0.6) is 0 Å². The number of furan rings is 1. The minimum Gasteiger partial charge on any atom is -0.469 e. The van der Waals surface area contributed by atoms with Crippen molar-refractivity contribution in [3.05, 3.63) is 30.5 Å². The zero-order chi connectivity index (χ0) is 12.4. The number of rotatable bonds is 4. The fraction of sp³-hybridized carbons (Fsp3) is 0.182. The number of nitrogen functional groups attached to an aromatic ring is 1. The smallest absolute Gasteiger partial charge is 0.224 e. The minimum absolute atomic E-state index is 0.204. The van der Waals surface area contributed by atoms with Crippen LogP contribution in [0.3, 0.4) is 0 Å². The maximum atomic E-state index is 5.62. The lowest BCUT2D eigenvalue weighted by molar-refractivity contribution is 0.513. The highest BCUT2D eigenvalue weighted by Crippen LogP contribution is 2.17. The van der Waals surface area contributed by atoms with Crippen molar-refractivity contribution in [1.29, 1.82) is 0 Å². The number of nitrogens with zero attached hydrogens (tertiary/aromatic N) is 3. The molecule has 3 aromatic heterocycles. The molecule has 0 atom stereocenters. The summed E-state index contributed by atoms with van der Waals surface area (Å²) in [5.41, 5.74) is 6.93. The molecule has 0 unspecified atom stereocenters. The number of nitrogens with one attached hydrogen (secondary N) is 2. The minimum atomic E-state index is 0.204. The van der Waals surface area contributed by atoms with E-state index in [0.717, 1.165) is 17.7 Å². The predicted octanol–water partition coefficient (Wildman–Crippen LogP) is 1.18. The van der Waals surface area contributed by atoms with Gasteiger partial charge in [-0.3, -0.25) is 0 Å². The maximum absolute atomic E-state index is 5.62. The molecule has 0 aliphatic rings. The van der Waals surface area contributed by atoms with Crippen LogP contribution in [0.25, 0.3) is 11.2 Å². The lowest BCUT2D eigenvalue weighted by Crippen LogP contribution is -2.08. The van der Waals surface area contributed by atoms with Gasteiger partial charge in [-0.15, -0.1) is 0 Å². The molecule has 0 bridgehead atoms. The van der Waals surface area contributed by atoms with Gasteiger partial charge in [0.15, 0.2) is 11.5 Å². The van der Waals surface area contributed by atoms with Gasteiger partial charge in [0.25, 0.3) is 0 Å². The summed E-state index contributed by atoms with van der Waals surface area (Å²) in [6, 6.07) is 3.80. The van der Waals surface area contributed by atoms with E-state index in [1.807, 2.05) is 12.1 Å². The van der Waals surface area contributed by atoms with Crippen molar-refractivity contribution in [1.82, 2.24) is 19.9 Å². The fourth-order valence-corrected chi connectivity index (χ4v) is 1.74. The Morgan fingerprint density at radius 3 is 3.17 bits per heavy atom. The van der Waals surface area contributed by atoms with E-state index in [4.69, 9.17) is 10.2 Å². The van der Waals surface area contributed by atoms with Crippen molar-refractivity contribution in [2.75, 3.05) is 17.6 Å². The number of nitrogens with two attached hydrogens (primary N) is 1. The second-order valence-corrected chi connectivity index (χ2v) is 3.79.